The molecule has 0 N–H and O–H groups in total. The zero-order chi connectivity index (χ0) is 19.3. The smallest absolute Gasteiger partial charge is 0.262 e. The molecule has 0 fully saturated rings. The van der Waals surface area contributed by atoms with Crippen molar-refractivity contribution >= 4 is 22.7 Å². The lowest BCUT2D eigenvalue weighted by Gasteiger charge is -2.13. The predicted molar refractivity (Wildman–Crippen MR) is 112 cm³/mol. The minimum absolute atomic E-state index is 0.0371. The molecule has 0 saturated carbocycles. The van der Waals surface area contributed by atoms with Crippen LogP contribution in [0.2, 0.25) is 0 Å². The van der Waals surface area contributed by atoms with E-state index in [1.165, 1.54) is 11.8 Å². The van der Waals surface area contributed by atoms with Crippen LogP contribution in [0.15, 0.2) is 82.9 Å². The third-order valence-electron chi connectivity index (χ3n) is 4.40. The van der Waals surface area contributed by atoms with Gasteiger partial charge >= 0.3 is 0 Å². The molecule has 0 aliphatic rings. The summed E-state index contributed by atoms with van der Waals surface area (Å²) in [5.41, 5.74) is 2.64. The standard InChI is InChI=1S/C22H19N3O2S/c1-27-18-11-9-16(10-12-18)14-25-21(26)19-7-2-3-8-20(19)24-22(25)28-15-17-6-4-5-13-23-17/h2-13H,14-15H2,1H3. The summed E-state index contributed by atoms with van der Waals surface area (Å²) in [4.78, 5) is 22.3. The van der Waals surface area contributed by atoms with Gasteiger partial charge in [-0.15, -0.1) is 0 Å². The Morgan fingerprint density at radius 3 is 2.54 bits per heavy atom. The molecule has 0 aliphatic heterocycles. The molecule has 140 valence electrons. The second kappa shape index (κ2) is 8.27. The van der Waals surface area contributed by atoms with Crippen LogP contribution in [-0.2, 0) is 12.3 Å². The van der Waals surface area contributed by atoms with Gasteiger partial charge in [-0.3, -0.25) is 14.3 Å². The topological polar surface area (TPSA) is 57.0 Å². The summed E-state index contributed by atoms with van der Waals surface area (Å²) in [6, 6.07) is 21.0. The summed E-state index contributed by atoms with van der Waals surface area (Å²) in [5, 5.41) is 1.31. The average Bonchev–Trinajstić information content (AvgIpc) is 2.76. The number of hydrogen-bond donors (Lipinski definition) is 0. The van der Waals surface area contributed by atoms with E-state index in [2.05, 4.69) is 4.98 Å². The van der Waals surface area contributed by atoms with E-state index in [4.69, 9.17) is 9.72 Å². The van der Waals surface area contributed by atoms with Gasteiger partial charge in [-0.2, -0.15) is 0 Å². The van der Waals surface area contributed by atoms with Crippen LogP contribution in [0, 0.1) is 0 Å². The number of ether oxygens (including phenoxy) is 1. The minimum atomic E-state index is -0.0371. The Kier molecular flexibility index (Phi) is 5.39. The fourth-order valence-electron chi connectivity index (χ4n) is 2.93. The second-order valence-corrected chi connectivity index (χ2v) is 7.20. The van der Waals surface area contributed by atoms with Gasteiger partial charge in [0.2, 0.25) is 0 Å². The summed E-state index contributed by atoms with van der Waals surface area (Å²) >= 11 is 1.52. The van der Waals surface area contributed by atoms with Crippen molar-refractivity contribution in [3.8, 4) is 5.75 Å². The van der Waals surface area contributed by atoms with E-state index in [0.717, 1.165) is 17.0 Å². The predicted octanol–water partition coefficient (Wildman–Crippen LogP) is 4.14. The molecule has 0 amide bonds. The largest absolute Gasteiger partial charge is 0.497 e. The third kappa shape index (κ3) is 3.92. The third-order valence-corrected chi connectivity index (χ3v) is 5.41. The maximum Gasteiger partial charge on any atom is 0.262 e. The first-order valence-electron chi connectivity index (χ1n) is 8.90. The van der Waals surface area contributed by atoms with Gasteiger partial charge in [0.05, 0.1) is 30.3 Å². The number of para-hydroxylation sites is 1. The van der Waals surface area contributed by atoms with Crippen LogP contribution in [0.1, 0.15) is 11.3 Å². The summed E-state index contributed by atoms with van der Waals surface area (Å²) in [6.45, 7) is 0.450. The number of fused-ring (bicyclic) bond motifs is 1. The van der Waals surface area contributed by atoms with Crippen molar-refractivity contribution in [2.45, 2.75) is 17.5 Å². The highest BCUT2D eigenvalue weighted by Gasteiger charge is 2.12. The van der Waals surface area contributed by atoms with Crippen molar-refractivity contribution in [1.29, 1.82) is 0 Å². The highest BCUT2D eigenvalue weighted by atomic mass is 32.2. The Morgan fingerprint density at radius 2 is 1.79 bits per heavy atom. The van der Waals surface area contributed by atoms with Crippen LogP contribution < -0.4 is 10.3 Å². The first kappa shape index (κ1) is 18.3. The maximum absolute atomic E-state index is 13.2. The molecule has 28 heavy (non-hydrogen) atoms. The molecule has 2 aromatic heterocycles. The van der Waals surface area contributed by atoms with Crippen LogP contribution in [0.5, 0.6) is 5.75 Å². The Balaban J connectivity index is 1.72. The van der Waals surface area contributed by atoms with E-state index in [0.29, 0.717) is 28.4 Å². The van der Waals surface area contributed by atoms with Crippen LogP contribution >= 0.6 is 11.8 Å². The molecule has 4 rings (SSSR count). The van der Waals surface area contributed by atoms with Gasteiger partial charge in [-0.05, 0) is 42.0 Å². The molecule has 0 radical (unpaired) electrons. The van der Waals surface area contributed by atoms with Gasteiger partial charge in [0.15, 0.2) is 5.16 Å². The van der Waals surface area contributed by atoms with Gasteiger partial charge < -0.3 is 4.74 Å². The first-order valence-corrected chi connectivity index (χ1v) is 9.88. The Hall–Kier alpha value is -3.12. The van der Waals surface area contributed by atoms with E-state index < -0.39 is 0 Å². The normalized spacial score (nSPS) is 10.9. The molecule has 5 nitrogen and oxygen atoms in total. The van der Waals surface area contributed by atoms with Crippen molar-refractivity contribution in [3.63, 3.8) is 0 Å². The SMILES string of the molecule is COc1ccc(Cn2c(SCc3ccccn3)nc3ccccc3c2=O)cc1. The minimum Gasteiger partial charge on any atom is -0.497 e. The molecule has 0 saturated heterocycles. The lowest BCUT2D eigenvalue weighted by molar-refractivity contribution is 0.414. The highest BCUT2D eigenvalue weighted by Crippen LogP contribution is 2.22. The molecule has 6 heteroatoms. The molecule has 0 spiro atoms. The van der Waals surface area contributed by atoms with Crippen LogP contribution in [0.4, 0.5) is 0 Å². The number of nitrogens with zero attached hydrogens (tertiary/aromatic N) is 3. The fourth-order valence-corrected chi connectivity index (χ4v) is 3.85. The van der Waals surface area contributed by atoms with E-state index in [1.807, 2.05) is 66.7 Å². The number of benzene rings is 2. The molecule has 0 aliphatic carbocycles. The van der Waals surface area contributed by atoms with E-state index in [1.54, 1.807) is 17.9 Å². The number of thioether (sulfide) groups is 1. The van der Waals surface area contributed by atoms with Crippen molar-refractivity contribution in [2.75, 3.05) is 7.11 Å². The van der Waals surface area contributed by atoms with Gasteiger partial charge in [0.25, 0.3) is 5.56 Å². The number of hydrogen-bond acceptors (Lipinski definition) is 5. The number of rotatable bonds is 6. The molecule has 2 heterocycles. The van der Waals surface area contributed by atoms with Crippen LogP contribution in [0.25, 0.3) is 10.9 Å². The molecular weight excluding hydrogens is 370 g/mol. The molecule has 2 aromatic carbocycles. The lowest BCUT2D eigenvalue weighted by Crippen LogP contribution is -2.24. The summed E-state index contributed by atoms with van der Waals surface area (Å²) in [5.74, 6) is 1.44. The monoisotopic (exact) mass is 389 g/mol. The second-order valence-electron chi connectivity index (χ2n) is 6.26. The maximum atomic E-state index is 13.2. The van der Waals surface area contributed by atoms with Gasteiger partial charge in [-0.25, -0.2) is 4.98 Å². The molecule has 0 atom stereocenters. The summed E-state index contributed by atoms with van der Waals surface area (Å²) < 4.78 is 6.95. The van der Waals surface area contributed by atoms with Crippen molar-refractivity contribution in [3.05, 3.63) is 94.5 Å². The van der Waals surface area contributed by atoms with Crippen molar-refractivity contribution in [1.82, 2.24) is 14.5 Å². The molecular formula is C22H19N3O2S. The molecule has 0 unspecified atom stereocenters. The highest BCUT2D eigenvalue weighted by molar-refractivity contribution is 7.98. The lowest BCUT2D eigenvalue weighted by atomic mass is 10.2. The quantitative estimate of drug-likeness (QED) is 0.366. The fraction of sp³-hybridized carbons (Fsp3) is 0.136. The zero-order valence-corrected chi connectivity index (χ0v) is 16.2. The molecule has 4 aromatic rings. The Bertz CT molecular complexity index is 1140. The van der Waals surface area contributed by atoms with Gasteiger partial charge in [0, 0.05) is 11.9 Å². The Labute approximate surface area is 167 Å². The van der Waals surface area contributed by atoms with Crippen molar-refractivity contribution in [2.24, 2.45) is 0 Å². The average molecular weight is 389 g/mol. The summed E-state index contributed by atoms with van der Waals surface area (Å²) in [6.07, 6.45) is 1.77. The number of pyridine rings is 1. The van der Waals surface area contributed by atoms with Crippen LogP contribution in [-0.4, -0.2) is 21.6 Å². The first-order chi connectivity index (χ1) is 13.7. The summed E-state index contributed by atoms with van der Waals surface area (Å²) in [7, 11) is 1.64. The van der Waals surface area contributed by atoms with Crippen molar-refractivity contribution < 1.29 is 4.74 Å². The van der Waals surface area contributed by atoms with E-state index in [9.17, 15) is 4.79 Å². The zero-order valence-electron chi connectivity index (χ0n) is 15.4. The number of aromatic nitrogens is 3. The Morgan fingerprint density at radius 1 is 1.00 bits per heavy atom. The van der Waals surface area contributed by atoms with E-state index in [-0.39, 0.29) is 5.56 Å². The molecule has 0 bridgehead atoms. The van der Waals surface area contributed by atoms with E-state index >= 15 is 0 Å². The van der Waals surface area contributed by atoms with Gasteiger partial charge in [0.1, 0.15) is 5.75 Å². The number of methoxy groups -OCH3 is 1. The van der Waals surface area contributed by atoms with Gasteiger partial charge in [-0.1, -0.05) is 42.1 Å². The van der Waals surface area contributed by atoms with Crippen LogP contribution in [0.3, 0.4) is 0 Å².